The Morgan fingerprint density at radius 3 is 2.27 bits per heavy atom. The normalized spacial score (nSPS) is 11.7. The van der Waals surface area contributed by atoms with Crippen LogP contribution in [-0.2, 0) is 0 Å². The minimum atomic E-state index is -0.173. The molecule has 0 fully saturated rings. The lowest BCUT2D eigenvalue weighted by molar-refractivity contribution is 0.717. The molecule has 84 valence electrons. The summed E-state index contributed by atoms with van der Waals surface area (Å²) in [6.45, 7) is 5.75. The van der Waals surface area contributed by atoms with Crippen molar-refractivity contribution < 1.29 is 0 Å². The molecule has 0 radical (unpaired) electrons. The summed E-state index contributed by atoms with van der Waals surface area (Å²) in [4.78, 5) is 0. The molecule has 0 aromatic heterocycles. The maximum absolute atomic E-state index is 6.01. The largest absolute Gasteiger partial charge is 0.324 e. The predicted octanol–water partition coefficient (Wildman–Crippen LogP) is 4.38. The second-order valence-corrected chi connectivity index (χ2v) is 4.22. The van der Waals surface area contributed by atoms with Crippen molar-refractivity contribution >= 4 is 35.6 Å². The molecule has 2 N–H and O–H groups in total. The molecule has 0 aliphatic rings. The van der Waals surface area contributed by atoms with Gasteiger partial charge in [0, 0.05) is 21.7 Å². The van der Waals surface area contributed by atoms with Crippen LogP contribution in [-0.4, -0.2) is 0 Å². The van der Waals surface area contributed by atoms with E-state index in [1.807, 2.05) is 13.0 Å². The summed E-state index contributed by atoms with van der Waals surface area (Å²) in [6.07, 6.45) is 0.698. The third-order valence-electron chi connectivity index (χ3n) is 1.94. The molecule has 0 heterocycles. The summed E-state index contributed by atoms with van der Waals surface area (Å²) in [7, 11) is 0. The van der Waals surface area contributed by atoms with Gasteiger partial charge >= 0.3 is 0 Å². The van der Waals surface area contributed by atoms with Gasteiger partial charge in [0.15, 0.2) is 0 Å². The minimum absolute atomic E-state index is 0. The number of nitrogens with two attached hydrogens (primary N) is 1. The fraction of sp³-hybridized carbons (Fsp3) is 0.273. The fourth-order valence-corrected chi connectivity index (χ4v) is 2.02. The summed E-state index contributed by atoms with van der Waals surface area (Å²) >= 11 is 12.0. The zero-order valence-electron chi connectivity index (χ0n) is 8.47. The summed E-state index contributed by atoms with van der Waals surface area (Å²) in [6, 6.07) is 5.22. The molecule has 1 atom stereocenters. The molecule has 0 aliphatic carbocycles. The monoisotopic (exact) mass is 265 g/mol. The standard InChI is InChI=1S/C11H13Cl2N.ClH/c1-7(2)6-10(14)11-8(12)4-3-5-9(11)13;/h3-5,10H,1,6,14H2,2H3;1H/t10-;/m0./s1. The minimum Gasteiger partial charge on any atom is -0.324 e. The average molecular weight is 267 g/mol. The van der Waals surface area contributed by atoms with Gasteiger partial charge in [0.25, 0.3) is 0 Å². The number of rotatable bonds is 3. The molecule has 1 rings (SSSR count). The van der Waals surface area contributed by atoms with Crippen molar-refractivity contribution in [3.8, 4) is 0 Å². The molecular weight excluding hydrogens is 252 g/mol. The lowest BCUT2D eigenvalue weighted by Gasteiger charge is -2.15. The number of hydrogen-bond donors (Lipinski definition) is 1. The van der Waals surface area contributed by atoms with E-state index in [1.54, 1.807) is 12.1 Å². The van der Waals surface area contributed by atoms with Gasteiger partial charge in [-0.2, -0.15) is 0 Å². The molecule has 0 unspecified atom stereocenters. The molecule has 0 saturated carbocycles. The molecule has 0 spiro atoms. The molecule has 1 nitrogen and oxygen atoms in total. The van der Waals surface area contributed by atoms with Crippen LogP contribution in [0.25, 0.3) is 0 Å². The molecule has 0 amide bonds. The highest BCUT2D eigenvalue weighted by Gasteiger charge is 2.13. The van der Waals surface area contributed by atoms with Crippen molar-refractivity contribution in [1.29, 1.82) is 0 Å². The topological polar surface area (TPSA) is 26.0 Å². The summed E-state index contributed by atoms with van der Waals surface area (Å²) < 4.78 is 0. The van der Waals surface area contributed by atoms with E-state index in [2.05, 4.69) is 6.58 Å². The van der Waals surface area contributed by atoms with Gasteiger partial charge in [-0.1, -0.05) is 34.8 Å². The van der Waals surface area contributed by atoms with E-state index >= 15 is 0 Å². The molecule has 4 heteroatoms. The van der Waals surface area contributed by atoms with Crippen LogP contribution in [0.5, 0.6) is 0 Å². The molecule has 1 aromatic carbocycles. The smallest absolute Gasteiger partial charge is 0.0468 e. The zero-order valence-corrected chi connectivity index (χ0v) is 10.8. The first-order valence-corrected chi connectivity index (χ1v) is 5.12. The maximum Gasteiger partial charge on any atom is 0.0468 e. The summed E-state index contributed by atoms with van der Waals surface area (Å²) in [5.74, 6) is 0. The number of benzene rings is 1. The number of halogens is 3. The average Bonchev–Trinajstić information content (AvgIpc) is 2.01. The van der Waals surface area contributed by atoms with Gasteiger partial charge in [-0.25, -0.2) is 0 Å². The van der Waals surface area contributed by atoms with Crippen molar-refractivity contribution in [3.63, 3.8) is 0 Å². The highest BCUT2D eigenvalue weighted by Crippen LogP contribution is 2.31. The van der Waals surface area contributed by atoms with Crippen molar-refractivity contribution in [2.24, 2.45) is 5.73 Å². The Kier molecular flexibility index (Phi) is 6.30. The fourth-order valence-electron chi connectivity index (χ4n) is 1.34. The second-order valence-electron chi connectivity index (χ2n) is 3.40. The van der Waals surface area contributed by atoms with Crippen molar-refractivity contribution in [1.82, 2.24) is 0 Å². The summed E-state index contributed by atoms with van der Waals surface area (Å²) in [5.41, 5.74) is 7.79. The van der Waals surface area contributed by atoms with Crippen LogP contribution in [0.4, 0.5) is 0 Å². The van der Waals surface area contributed by atoms with E-state index in [-0.39, 0.29) is 18.4 Å². The maximum atomic E-state index is 6.01. The number of hydrogen-bond acceptors (Lipinski definition) is 1. The van der Waals surface area contributed by atoms with Gasteiger partial charge in [-0.15, -0.1) is 19.0 Å². The first-order valence-electron chi connectivity index (χ1n) is 4.36. The Hall–Kier alpha value is -0.210. The van der Waals surface area contributed by atoms with E-state index in [4.69, 9.17) is 28.9 Å². The highest BCUT2D eigenvalue weighted by atomic mass is 35.5. The first-order chi connectivity index (χ1) is 6.52. The van der Waals surface area contributed by atoms with Crippen LogP contribution < -0.4 is 5.73 Å². The van der Waals surface area contributed by atoms with Gasteiger partial charge < -0.3 is 5.73 Å². The van der Waals surface area contributed by atoms with E-state index in [9.17, 15) is 0 Å². The molecule has 15 heavy (non-hydrogen) atoms. The Labute approximate surface area is 107 Å². The predicted molar refractivity (Wildman–Crippen MR) is 70.1 cm³/mol. The van der Waals surface area contributed by atoms with E-state index < -0.39 is 0 Å². The van der Waals surface area contributed by atoms with Crippen LogP contribution in [0.3, 0.4) is 0 Å². The van der Waals surface area contributed by atoms with Crippen LogP contribution in [0.2, 0.25) is 10.0 Å². The Morgan fingerprint density at radius 2 is 1.87 bits per heavy atom. The Morgan fingerprint density at radius 1 is 1.40 bits per heavy atom. The van der Waals surface area contributed by atoms with Crippen molar-refractivity contribution in [2.75, 3.05) is 0 Å². The van der Waals surface area contributed by atoms with Gasteiger partial charge in [0.2, 0.25) is 0 Å². The molecule has 0 saturated heterocycles. The van der Waals surface area contributed by atoms with E-state index in [0.717, 1.165) is 11.1 Å². The molecule has 0 aliphatic heterocycles. The third kappa shape index (κ3) is 4.04. The van der Waals surface area contributed by atoms with E-state index in [0.29, 0.717) is 16.5 Å². The lowest BCUT2D eigenvalue weighted by atomic mass is 10.0. The second kappa shape index (κ2) is 6.39. The van der Waals surface area contributed by atoms with Gasteiger partial charge in [0.05, 0.1) is 0 Å². The van der Waals surface area contributed by atoms with Crippen LogP contribution in [0.1, 0.15) is 24.9 Å². The quantitative estimate of drug-likeness (QED) is 0.807. The van der Waals surface area contributed by atoms with Crippen molar-refractivity contribution in [2.45, 2.75) is 19.4 Å². The molecular formula is C11H14Cl3N. The Balaban J connectivity index is 0.00000196. The Bertz CT molecular complexity index is 329. The first kappa shape index (κ1) is 14.8. The highest BCUT2D eigenvalue weighted by molar-refractivity contribution is 6.36. The SMILES string of the molecule is C=C(C)C[C@H](N)c1c(Cl)cccc1Cl.Cl. The van der Waals surface area contributed by atoms with Crippen molar-refractivity contribution in [3.05, 3.63) is 46.0 Å². The summed E-state index contributed by atoms with van der Waals surface area (Å²) in [5, 5.41) is 1.23. The molecule has 1 aromatic rings. The lowest BCUT2D eigenvalue weighted by Crippen LogP contribution is -2.11. The van der Waals surface area contributed by atoms with Crippen LogP contribution in [0, 0.1) is 0 Å². The third-order valence-corrected chi connectivity index (χ3v) is 2.60. The van der Waals surface area contributed by atoms with Crippen LogP contribution in [0.15, 0.2) is 30.4 Å². The van der Waals surface area contributed by atoms with Crippen LogP contribution >= 0.6 is 35.6 Å². The van der Waals surface area contributed by atoms with Gasteiger partial charge in [-0.3, -0.25) is 0 Å². The zero-order chi connectivity index (χ0) is 10.7. The molecule has 0 bridgehead atoms. The van der Waals surface area contributed by atoms with Gasteiger partial charge in [-0.05, 0) is 25.5 Å². The van der Waals surface area contributed by atoms with Gasteiger partial charge in [0.1, 0.15) is 0 Å². The van der Waals surface area contributed by atoms with E-state index in [1.165, 1.54) is 0 Å².